The van der Waals surface area contributed by atoms with Crippen LogP contribution in [0.1, 0.15) is 36.6 Å². The SMILES string of the molecule is COC(=O)CCC1=C(C)/C(=C/c2[nH]cc(CCN)c2C)N=C1. The molecule has 0 saturated heterocycles. The van der Waals surface area contributed by atoms with Crippen molar-refractivity contribution in [1.82, 2.24) is 4.98 Å². The minimum atomic E-state index is -0.197. The van der Waals surface area contributed by atoms with E-state index in [0.717, 1.165) is 29.0 Å². The highest BCUT2D eigenvalue weighted by Gasteiger charge is 2.14. The van der Waals surface area contributed by atoms with Crippen molar-refractivity contribution in [3.63, 3.8) is 0 Å². The highest BCUT2D eigenvalue weighted by molar-refractivity contribution is 5.88. The van der Waals surface area contributed by atoms with Crippen LogP contribution in [0.15, 0.2) is 28.0 Å². The van der Waals surface area contributed by atoms with Crippen LogP contribution in [0.3, 0.4) is 0 Å². The lowest BCUT2D eigenvalue weighted by molar-refractivity contribution is -0.140. The highest BCUT2D eigenvalue weighted by atomic mass is 16.5. The predicted molar refractivity (Wildman–Crippen MR) is 88.7 cm³/mol. The molecule has 1 aliphatic rings. The van der Waals surface area contributed by atoms with Crippen molar-refractivity contribution < 1.29 is 9.53 Å². The molecule has 1 aliphatic heterocycles. The van der Waals surface area contributed by atoms with Gasteiger partial charge < -0.3 is 15.5 Å². The number of esters is 1. The summed E-state index contributed by atoms with van der Waals surface area (Å²) >= 11 is 0. The number of carbonyl (C=O) groups excluding carboxylic acids is 1. The van der Waals surface area contributed by atoms with Gasteiger partial charge in [-0.2, -0.15) is 0 Å². The third-order valence-corrected chi connectivity index (χ3v) is 4.03. The summed E-state index contributed by atoms with van der Waals surface area (Å²) in [5.41, 5.74) is 12.3. The number of rotatable bonds is 6. The number of H-pyrrole nitrogens is 1. The maximum atomic E-state index is 11.2. The third-order valence-electron chi connectivity index (χ3n) is 4.03. The zero-order valence-electron chi connectivity index (χ0n) is 13.4. The number of aromatic nitrogens is 1. The molecular formula is C17H23N3O2. The molecule has 2 rings (SSSR count). The fraction of sp³-hybridized carbons (Fsp3) is 0.412. The van der Waals surface area contributed by atoms with E-state index >= 15 is 0 Å². The summed E-state index contributed by atoms with van der Waals surface area (Å²) < 4.78 is 4.67. The number of carbonyl (C=O) groups is 1. The number of nitrogens with zero attached hydrogens (tertiary/aromatic N) is 1. The van der Waals surface area contributed by atoms with Crippen molar-refractivity contribution in [2.75, 3.05) is 13.7 Å². The zero-order valence-corrected chi connectivity index (χ0v) is 13.4. The Labute approximate surface area is 131 Å². The van der Waals surface area contributed by atoms with Crippen molar-refractivity contribution in [1.29, 1.82) is 0 Å². The van der Waals surface area contributed by atoms with E-state index in [-0.39, 0.29) is 5.97 Å². The molecule has 118 valence electrons. The Morgan fingerprint density at radius 3 is 2.86 bits per heavy atom. The van der Waals surface area contributed by atoms with E-state index in [1.54, 1.807) is 0 Å². The van der Waals surface area contributed by atoms with Crippen LogP contribution in [-0.4, -0.2) is 30.8 Å². The molecule has 0 bridgehead atoms. The van der Waals surface area contributed by atoms with Crippen LogP contribution in [0.5, 0.6) is 0 Å². The normalized spacial score (nSPS) is 15.9. The van der Waals surface area contributed by atoms with Gasteiger partial charge in [-0.3, -0.25) is 9.79 Å². The molecule has 5 nitrogen and oxygen atoms in total. The van der Waals surface area contributed by atoms with Crippen LogP contribution >= 0.6 is 0 Å². The number of allylic oxidation sites excluding steroid dienone is 2. The minimum Gasteiger partial charge on any atom is -0.469 e. The zero-order chi connectivity index (χ0) is 16.1. The number of aliphatic imine (C=N–C) groups is 1. The van der Waals surface area contributed by atoms with Gasteiger partial charge in [-0.15, -0.1) is 0 Å². The van der Waals surface area contributed by atoms with Gasteiger partial charge >= 0.3 is 5.97 Å². The predicted octanol–water partition coefficient (Wildman–Crippen LogP) is 2.52. The van der Waals surface area contributed by atoms with Crippen molar-refractivity contribution in [2.24, 2.45) is 10.7 Å². The number of ether oxygens (including phenoxy) is 1. The minimum absolute atomic E-state index is 0.197. The Balaban J connectivity index is 2.15. The summed E-state index contributed by atoms with van der Waals surface area (Å²) in [6.45, 7) is 4.76. The molecule has 5 heteroatoms. The van der Waals surface area contributed by atoms with Crippen LogP contribution < -0.4 is 5.73 Å². The average Bonchev–Trinajstić information content (AvgIpc) is 3.03. The van der Waals surface area contributed by atoms with Crippen molar-refractivity contribution >= 4 is 18.3 Å². The van der Waals surface area contributed by atoms with E-state index in [1.165, 1.54) is 18.2 Å². The first-order chi connectivity index (χ1) is 10.6. The molecule has 0 saturated carbocycles. The van der Waals surface area contributed by atoms with Gasteiger partial charge in [0, 0.05) is 24.5 Å². The second-order valence-corrected chi connectivity index (χ2v) is 5.41. The van der Waals surface area contributed by atoms with Gasteiger partial charge in [0.2, 0.25) is 0 Å². The smallest absolute Gasteiger partial charge is 0.305 e. The van der Waals surface area contributed by atoms with Crippen LogP contribution in [0.25, 0.3) is 6.08 Å². The van der Waals surface area contributed by atoms with Gasteiger partial charge in [0.1, 0.15) is 0 Å². The number of nitrogens with one attached hydrogen (secondary N) is 1. The van der Waals surface area contributed by atoms with Crippen molar-refractivity contribution in [2.45, 2.75) is 33.1 Å². The second-order valence-electron chi connectivity index (χ2n) is 5.41. The first-order valence-electron chi connectivity index (χ1n) is 7.46. The molecule has 1 aromatic heterocycles. The molecule has 1 aromatic rings. The van der Waals surface area contributed by atoms with Gasteiger partial charge in [-0.25, -0.2) is 0 Å². The Bertz CT molecular complexity index is 651. The standard InChI is InChI=1S/C17H23N3O2/c1-11-13(4-5-17(21)22-3)9-19-15(11)8-16-12(2)14(6-7-18)10-20-16/h8-10,20H,4-7,18H2,1-3H3/b15-8-. The fourth-order valence-electron chi connectivity index (χ4n) is 2.50. The molecule has 3 N–H and O–H groups in total. The van der Waals surface area contributed by atoms with Gasteiger partial charge in [-0.1, -0.05) is 0 Å². The lowest BCUT2D eigenvalue weighted by atomic mass is 10.0. The number of methoxy groups -OCH3 is 1. The molecule has 0 amide bonds. The summed E-state index contributed by atoms with van der Waals surface area (Å²) in [5, 5.41) is 0. The Morgan fingerprint density at radius 1 is 1.41 bits per heavy atom. The second kappa shape index (κ2) is 7.22. The average molecular weight is 301 g/mol. The van der Waals surface area contributed by atoms with E-state index in [9.17, 15) is 4.79 Å². The Kier molecular flexibility index (Phi) is 5.33. The van der Waals surface area contributed by atoms with Crippen LogP contribution in [0, 0.1) is 6.92 Å². The highest BCUT2D eigenvalue weighted by Crippen LogP contribution is 2.27. The molecular weight excluding hydrogens is 278 g/mol. The molecule has 2 heterocycles. The summed E-state index contributed by atoms with van der Waals surface area (Å²) in [4.78, 5) is 19.0. The quantitative estimate of drug-likeness (QED) is 0.792. The van der Waals surface area contributed by atoms with Gasteiger partial charge in [0.25, 0.3) is 0 Å². The molecule has 22 heavy (non-hydrogen) atoms. The summed E-state index contributed by atoms with van der Waals surface area (Å²) in [7, 11) is 1.41. The van der Waals surface area contributed by atoms with E-state index < -0.39 is 0 Å². The first kappa shape index (κ1) is 16.2. The monoisotopic (exact) mass is 301 g/mol. The summed E-state index contributed by atoms with van der Waals surface area (Å²) in [6.07, 6.45) is 7.79. The topological polar surface area (TPSA) is 80.5 Å². The maximum Gasteiger partial charge on any atom is 0.305 e. The van der Waals surface area contributed by atoms with E-state index in [2.05, 4.69) is 21.6 Å². The molecule has 0 unspecified atom stereocenters. The molecule has 0 fully saturated rings. The maximum absolute atomic E-state index is 11.2. The molecule has 0 atom stereocenters. The van der Waals surface area contributed by atoms with Gasteiger partial charge in [-0.05, 0) is 61.6 Å². The van der Waals surface area contributed by atoms with Crippen LogP contribution in [0.4, 0.5) is 0 Å². The van der Waals surface area contributed by atoms with E-state index in [1.807, 2.05) is 25.4 Å². The lowest BCUT2D eigenvalue weighted by Gasteiger charge is -2.02. The molecule has 0 aromatic carbocycles. The largest absolute Gasteiger partial charge is 0.469 e. The molecule has 0 aliphatic carbocycles. The fourth-order valence-corrected chi connectivity index (χ4v) is 2.50. The summed E-state index contributed by atoms with van der Waals surface area (Å²) in [5.74, 6) is -0.197. The van der Waals surface area contributed by atoms with Gasteiger partial charge in [0.05, 0.1) is 12.8 Å². The van der Waals surface area contributed by atoms with E-state index in [4.69, 9.17) is 5.73 Å². The number of hydrogen-bond acceptors (Lipinski definition) is 4. The third kappa shape index (κ3) is 3.54. The van der Waals surface area contributed by atoms with Gasteiger partial charge in [0.15, 0.2) is 0 Å². The number of aromatic amines is 1. The van der Waals surface area contributed by atoms with E-state index in [0.29, 0.717) is 19.4 Å². The molecule has 0 radical (unpaired) electrons. The van der Waals surface area contributed by atoms with Crippen LogP contribution in [-0.2, 0) is 16.0 Å². The Morgan fingerprint density at radius 2 is 2.18 bits per heavy atom. The summed E-state index contributed by atoms with van der Waals surface area (Å²) in [6, 6.07) is 0. The van der Waals surface area contributed by atoms with Crippen LogP contribution in [0.2, 0.25) is 0 Å². The number of nitrogens with two attached hydrogens (primary N) is 1. The molecule has 0 spiro atoms. The first-order valence-corrected chi connectivity index (χ1v) is 7.46. The van der Waals surface area contributed by atoms with Crippen molar-refractivity contribution in [3.05, 3.63) is 39.9 Å². The Hall–Kier alpha value is -2.14. The number of hydrogen-bond donors (Lipinski definition) is 2. The lowest BCUT2D eigenvalue weighted by Crippen LogP contribution is -2.02. The van der Waals surface area contributed by atoms with Crippen molar-refractivity contribution in [3.8, 4) is 0 Å².